The third kappa shape index (κ3) is 7.86. The van der Waals surface area contributed by atoms with Crippen LogP contribution in [-0.4, -0.2) is 6.04 Å². The van der Waals surface area contributed by atoms with Gasteiger partial charge in [0.15, 0.2) is 0 Å². The molecule has 0 heterocycles. The minimum atomic E-state index is 0.383. The Morgan fingerprint density at radius 2 is 1.64 bits per heavy atom. The first-order chi connectivity index (χ1) is 4.81. The van der Waals surface area contributed by atoms with Crippen LogP contribution in [0, 0.1) is 11.3 Å². The van der Waals surface area contributed by atoms with Gasteiger partial charge in [-0.25, -0.2) is 0 Å². The fraction of sp³-hybridized carbons (Fsp3) is 1.00. The summed E-state index contributed by atoms with van der Waals surface area (Å²) in [6, 6.07) is 0.384. The highest BCUT2D eigenvalue weighted by Gasteiger charge is 2.15. The van der Waals surface area contributed by atoms with Crippen molar-refractivity contribution < 1.29 is 0 Å². The molecule has 0 unspecified atom stereocenters. The summed E-state index contributed by atoms with van der Waals surface area (Å²) in [6.07, 6.45) is 2.28. The van der Waals surface area contributed by atoms with Crippen molar-refractivity contribution in [3.8, 4) is 0 Å². The molecule has 0 saturated carbocycles. The number of hydrogen-bond acceptors (Lipinski definition) is 1. The summed E-state index contributed by atoms with van der Waals surface area (Å²) in [4.78, 5) is 0. The largest absolute Gasteiger partial charge is 0.328 e. The molecule has 0 aromatic carbocycles. The van der Waals surface area contributed by atoms with E-state index in [1.165, 1.54) is 0 Å². The fourth-order valence-electron chi connectivity index (χ4n) is 1.48. The highest BCUT2D eigenvalue weighted by molar-refractivity contribution is 4.72. The molecule has 0 bridgehead atoms. The summed E-state index contributed by atoms with van der Waals surface area (Å²) >= 11 is 0. The van der Waals surface area contributed by atoms with Crippen molar-refractivity contribution in [1.82, 2.24) is 0 Å². The molecule has 0 aromatic rings. The van der Waals surface area contributed by atoms with E-state index in [1.54, 1.807) is 0 Å². The number of hydrogen-bond donors (Lipinski definition) is 1. The molecule has 11 heavy (non-hydrogen) atoms. The lowest BCUT2D eigenvalue weighted by molar-refractivity contribution is 0.315. The predicted octanol–water partition coefficient (Wildman–Crippen LogP) is 2.80. The van der Waals surface area contributed by atoms with Gasteiger partial charge in [0.05, 0.1) is 0 Å². The second-order valence-corrected chi connectivity index (χ2v) is 5.15. The zero-order valence-corrected chi connectivity index (χ0v) is 8.65. The van der Waals surface area contributed by atoms with Crippen molar-refractivity contribution in [2.75, 3.05) is 0 Å². The Hall–Kier alpha value is -0.0400. The zero-order chi connectivity index (χ0) is 9.07. The summed E-state index contributed by atoms with van der Waals surface area (Å²) in [5.74, 6) is 0.729. The summed E-state index contributed by atoms with van der Waals surface area (Å²) in [5, 5.41) is 0. The quantitative estimate of drug-likeness (QED) is 0.670. The van der Waals surface area contributed by atoms with Crippen molar-refractivity contribution in [2.45, 2.75) is 53.5 Å². The van der Waals surface area contributed by atoms with Gasteiger partial charge in [-0.2, -0.15) is 0 Å². The zero-order valence-electron chi connectivity index (χ0n) is 8.65. The van der Waals surface area contributed by atoms with Crippen LogP contribution in [0.5, 0.6) is 0 Å². The van der Waals surface area contributed by atoms with E-state index < -0.39 is 0 Å². The van der Waals surface area contributed by atoms with Gasteiger partial charge < -0.3 is 5.73 Å². The van der Waals surface area contributed by atoms with E-state index in [9.17, 15) is 0 Å². The molecule has 0 radical (unpaired) electrons. The number of nitrogens with two attached hydrogens (primary N) is 1. The van der Waals surface area contributed by atoms with Crippen LogP contribution < -0.4 is 5.73 Å². The monoisotopic (exact) mass is 157 g/mol. The standard InChI is InChI=1S/C10H23N/c1-8(2)6-9(11)7-10(3,4)5/h8-9H,6-7,11H2,1-5H3/t9-/m1/s1. The average molecular weight is 157 g/mol. The van der Waals surface area contributed by atoms with Gasteiger partial charge in [0.1, 0.15) is 0 Å². The van der Waals surface area contributed by atoms with Crippen LogP contribution in [0.4, 0.5) is 0 Å². The topological polar surface area (TPSA) is 26.0 Å². The van der Waals surface area contributed by atoms with Gasteiger partial charge in [-0.3, -0.25) is 0 Å². The van der Waals surface area contributed by atoms with Crippen LogP contribution in [0.1, 0.15) is 47.5 Å². The Morgan fingerprint density at radius 3 is 1.91 bits per heavy atom. The van der Waals surface area contributed by atoms with Gasteiger partial charge in [0, 0.05) is 6.04 Å². The highest BCUT2D eigenvalue weighted by atomic mass is 14.6. The fourth-order valence-corrected chi connectivity index (χ4v) is 1.48. The summed E-state index contributed by atoms with van der Waals surface area (Å²) in [5.41, 5.74) is 6.34. The van der Waals surface area contributed by atoms with E-state index in [2.05, 4.69) is 34.6 Å². The Kier molecular flexibility index (Phi) is 4.09. The highest BCUT2D eigenvalue weighted by Crippen LogP contribution is 2.22. The van der Waals surface area contributed by atoms with Gasteiger partial charge in [-0.05, 0) is 24.2 Å². The van der Waals surface area contributed by atoms with Crippen LogP contribution in [0.2, 0.25) is 0 Å². The molecule has 0 fully saturated rings. The number of rotatable bonds is 3. The molecule has 1 heteroatoms. The maximum Gasteiger partial charge on any atom is 0.00462 e. The first kappa shape index (κ1) is 11.0. The lowest BCUT2D eigenvalue weighted by atomic mass is 9.86. The SMILES string of the molecule is CC(C)C[C@@H](N)CC(C)(C)C. The van der Waals surface area contributed by atoms with E-state index in [0.29, 0.717) is 11.5 Å². The molecule has 2 N–H and O–H groups in total. The molecule has 68 valence electrons. The second kappa shape index (κ2) is 4.10. The molecule has 1 atom stereocenters. The van der Waals surface area contributed by atoms with E-state index in [4.69, 9.17) is 5.73 Å². The lowest BCUT2D eigenvalue weighted by Gasteiger charge is -2.24. The minimum absolute atomic E-state index is 0.383. The molecule has 0 saturated heterocycles. The van der Waals surface area contributed by atoms with Gasteiger partial charge in [0.25, 0.3) is 0 Å². The van der Waals surface area contributed by atoms with Crippen molar-refractivity contribution in [2.24, 2.45) is 17.1 Å². The Labute approximate surface area is 71.4 Å². The smallest absolute Gasteiger partial charge is 0.00462 e. The van der Waals surface area contributed by atoms with Gasteiger partial charge in [-0.15, -0.1) is 0 Å². The predicted molar refractivity (Wildman–Crippen MR) is 51.5 cm³/mol. The average Bonchev–Trinajstić information content (AvgIpc) is 1.53. The van der Waals surface area contributed by atoms with E-state index in [0.717, 1.165) is 18.8 Å². The Bertz CT molecular complexity index is 99.9. The van der Waals surface area contributed by atoms with Crippen molar-refractivity contribution in [1.29, 1.82) is 0 Å². The summed E-state index contributed by atoms with van der Waals surface area (Å²) < 4.78 is 0. The van der Waals surface area contributed by atoms with Crippen LogP contribution >= 0.6 is 0 Å². The van der Waals surface area contributed by atoms with E-state index >= 15 is 0 Å². The van der Waals surface area contributed by atoms with Crippen LogP contribution in [0.15, 0.2) is 0 Å². The maximum atomic E-state index is 5.96. The summed E-state index contributed by atoms with van der Waals surface area (Å²) in [7, 11) is 0. The molecule has 0 spiro atoms. The van der Waals surface area contributed by atoms with Crippen molar-refractivity contribution in [3.05, 3.63) is 0 Å². The van der Waals surface area contributed by atoms with E-state index in [-0.39, 0.29) is 0 Å². The first-order valence-electron chi connectivity index (χ1n) is 4.57. The molecule has 1 nitrogen and oxygen atoms in total. The maximum absolute atomic E-state index is 5.96. The molecule has 0 aromatic heterocycles. The molecule has 0 aliphatic rings. The minimum Gasteiger partial charge on any atom is -0.328 e. The van der Waals surface area contributed by atoms with Crippen molar-refractivity contribution >= 4 is 0 Å². The molecular formula is C10H23N. The van der Waals surface area contributed by atoms with Crippen LogP contribution in [0.25, 0.3) is 0 Å². The van der Waals surface area contributed by atoms with Gasteiger partial charge in [0.2, 0.25) is 0 Å². The molecule has 0 rings (SSSR count). The summed E-state index contributed by atoms with van der Waals surface area (Å²) in [6.45, 7) is 11.2. The third-order valence-corrected chi connectivity index (χ3v) is 1.65. The molecule has 0 aliphatic carbocycles. The molecule has 0 amide bonds. The van der Waals surface area contributed by atoms with Crippen LogP contribution in [0.3, 0.4) is 0 Å². The van der Waals surface area contributed by atoms with E-state index in [1.807, 2.05) is 0 Å². The first-order valence-corrected chi connectivity index (χ1v) is 4.57. The van der Waals surface area contributed by atoms with Gasteiger partial charge >= 0.3 is 0 Å². The molecule has 0 aliphatic heterocycles. The van der Waals surface area contributed by atoms with Gasteiger partial charge in [-0.1, -0.05) is 34.6 Å². The Balaban J connectivity index is 3.61. The molecular weight excluding hydrogens is 134 g/mol. The third-order valence-electron chi connectivity index (χ3n) is 1.65. The normalized spacial score (nSPS) is 15.5. The van der Waals surface area contributed by atoms with Crippen molar-refractivity contribution in [3.63, 3.8) is 0 Å². The second-order valence-electron chi connectivity index (χ2n) is 5.15. The Morgan fingerprint density at radius 1 is 1.18 bits per heavy atom. The lowest BCUT2D eigenvalue weighted by Crippen LogP contribution is -2.27. The van der Waals surface area contributed by atoms with Crippen LogP contribution in [-0.2, 0) is 0 Å².